The molecule has 2 rings (SSSR count). The molecule has 0 aliphatic carbocycles. The molecule has 1 saturated heterocycles. The summed E-state index contributed by atoms with van der Waals surface area (Å²) < 4.78 is 10.9. The van der Waals surface area contributed by atoms with E-state index in [9.17, 15) is 5.11 Å². The molecule has 1 aliphatic heterocycles. The van der Waals surface area contributed by atoms with Gasteiger partial charge in [0.25, 0.3) is 0 Å². The van der Waals surface area contributed by atoms with Gasteiger partial charge >= 0.3 is 0 Å². The third kappa shape index (κ3) is 4.01. The van der Waals surface area contributed by atoms with Crippen LogP contribution < -0.4 is 5.73 Å². The highest BCUT2D eigenvalue weighted by molar-refractivity contribution is 5.22. The molecule has 4 heteroatoms. The maximum atomic E-state index is 10.6. The largest absolute Gasteiger partial charge is 0.384 e. The highest BCUT2D eigenvalue weighted by Gasteiger charge is 2.27. The van der Waals surface area contributed by atoms with Crippen LogP contribution in [0.2, 0.25) is 0 Å². The molecule has 4 nitrogen and oxygen atoms in total. The van der Waals surface area contributed by atoms with Crippen LogP contribution >= 0.6 is 0 Å². The van der Waals surface area contributed by atoms with Crippen LogP contribution in [-0.2, 0) is 15.1 Å². The van der Waals surface area contributed by atoms with Crippen molar-refractivity contribution in [3.8, 4) is 0 Å². The Morgan fingerprint density at radius 2 is 2.16 bits per heavy atom. The summed E-state index contributed by atoms with van der Waals surface area (Å²) in [5.74, 6) is 0.502. The van der Waals surface area contributed by atoms with E-state index in [-0.39, 0.29) is 6.54 Å². The smallest absolute Gasteiger partial charge is 0.104 e. The van der Waals surface area contributed by atoms with Crippen LogP contribution in [-0.4, -0.2) is 38.1 Å². The molecule has 0 aromatic heterocycles. The molecule has 0 saturated carbocycles. The number of rotatable bonds is 7. The van der Waals surface area contributed by atoms with E-state index in [4.69, 9.17) is 15.2 Å². The molecular weight excluding hydrogens is 242 g/mol. The average Bonchev–Trinajstić information content (AvgIpc) is 2.97. The van der Waals surface area contributed by atoms with Gasteiger partial charge in [0.15, 0.2) is 0 Å². The molecule has 3 N–H and O–H groups in total. The maximum Gasteiger partial charge on any atom is 0.104 e. The van der Waals surface area contributed by atoms with Crippen molar-refractivity contribution in [2.75, 3.05) is 33.0 Å². The van der Waals surface area contributed by atoms with Crippen LogP contribution in [0.5, 0.6) is 0 Å². The maximum absolute atomic E-state index is 10.6. The summed E-state index contributed by atoms with van der Waals surface area (Å²) >= 11 is 0. The van der Waals surface area contributed by atoms with E-state index < -0.39 is 5.60 Å². The second-order valence-electron chi connectivity index (χ2n) is 5.16. The zero-order chi connectivity index (χ0) is 13.6. The Morgan fingerprint density at radius 3 is 2.79 bits per heavy atom. The van der Waals surface area contributed by atoms with Gasteiger partial charge in [0.2, 0.25) is 0 Å². The fourth-order valence-corrected chi connectivity index (χ4v) is 2.32. The summed E-state index contributed by atoms with van der Waals surface area (Å²) in [5.41, 5.74) is 5.58. The molecule has 0 radical (unpaired) electrons. The Balaban J connectivity index is 1.78. The monoisotopic (exact) mass is 265 g/mol. The number of ether oxygens (including phenoxy) is 2. The zero-order valence-electron chi connectivity index (χ0n) is 11.3. The quantitative estimate of drug-likeness (QED) is 0.729. The minimum absolute atomic E-state index is 0.201. The van der Waals surface area contributed by atoms with Crippen molar-refractivity contribution >= 4 is 0 Å². The fraction of sp³-hybridized carbons (Fsp3) is 0.600. The lowest BCUT2D eigenvalue weighted by molar-refractivity contribution is -0.00386. The topological polar surface area (TPSA) is 64.7 Å². The minimum atomic E-state index is -0.993. The van der Waals surface area contributed by atoms with Crippen molar-refractivity contribution in [3.05, 3.63) is 35.9 Å². The SMILES string of the molecule is NCC(O)(CCOCC1CCOC1)c1ccccc1. The first-order chi connectivity index (χ1) is 9.24. The Labute approximate surface area is 114 Å². The first-order valence-electron chi connectivity index (χ1n) is 6.88. The van der Waals surface area contributed by atoms with Crippen molar-refractivity contribution in [1.82, 2.24) is 0 Å². The average molecular weight is 265 g/mol. The van der Waals surface area contributed by atoms with Crippen LogP contribution in [0, 0.1) is 5.92 Å². The van der Waals surface area contributed by atoms with Gasteiger partial charge in [-0.1, -0.05) is 30.3 Å². The molecule has 1 heterocycles. The van der Waals surface area contributed by atoms with Crippen molar-refractivity contribution < 1.29 is 14.6 Å². The van der Waals surface area contributed by atoms with Crippen LogP contribution in [0.4, 0.5) is 0 Å². The highest BCUT2D eigenvalue weighted by atomic mass is 16.5. The van der Waals surface area contributed by atoms with Crippen molar-refractivity contribution in [3.63, 3.8) is 0 Å². The van der Waals surface area contributed by atoms with Crippen LogP contribution in [0.1, 0.15) is 18.4 Å². The first-order valence-corrected chi connectivity index (χ1v) is 6.88. The summed E-state index contributed by atoms with van der Waals surface area (Å²) in [6.07, 6.45) is 1.58. The third-order valence-electron chi connectivity index (χ3n) is 3.69. The van der Waals surface area contributed by atoms with Gasteiger partial charge in [0, 0.05) is 32.1 Å². The Bertz CT molecular complexity index is 365. The Morgan fingerprint density at radius 1 is 1.37 bits per heavy atom. The minimum Gasteiger partial charge on any atom is -0.384 e. The normalized spacial score (nSPS) is 22.3. The second-order valence-corrected chi connectivity index (χ2v) is 5.16. The molecule has 0 bridgehead atoms. The van der Waals surface area contributed by atoms with Crippen molar-refractivity contribution in [1.29, 1.82) is 0 Å². The number of hydrogen-bond donors (Lipinski definition) is 2. The number of aliphatic hydroxyl groups is 1. The van der Waals surface area contributed by atoms with E-state index >= 15 is 0 Å². The van der Waals surface area contributed by atoms with Gasteiger partial charge < -0.3 is 20.3 Å². The lowest BCUT2D eigenvalue weighted by Gasteiger charge is -2.27. The number of benzene rings is 1. The molecule has 2 unspecified atom stereocenters. The molecule has 1 aromatic carbocycles. The molecule has 1 fully saturated rings. The summed E-state index contributed by atoms with van der Waals surface area (Å²) in [4.78, 5) is 0. The lowest BCUT2D eigenvalue weighted by atomic mass is 9.91. The molecule has 0 spiro atoms. The van der Waals surface area contributed by atoms with E-state index in [1.54, 1.807) is 0 Å². The molecule has 0 amide bonds. The number of hydrogen-bond acceptors (Lipinski definition) is 4. The molecule has 19 heavy (non-hydrogen) atoms. The summed E-state index contributed by atoms with van der Waals surface area (Å²) in [7, 11) is 0. The summed E-state index contributed by atoms with van der Waals surface area (Å²) in [6, 6.07) is 9.55. The Hall–Kier alpha value is -0.940. The first kappa shape index (κ1) is 14.5. The van der Waals surface area contributed by atoms with E-state index in [1.165, 1.54) is 0 Å². The van der Waals surface area contributed by atoms with Gasteiger partial charge in [0.05, 0.1) is 13.2 Å². The standard InChI is InChI=1S/C15H23NO3/c16-12-15(17,14-4-2-1-3-5-14)7-9-19-11-13-6-8-18-10-13/h1-5,13,17H,6-12,16H2. The fourth-order valence-electron chi connectivity index (χ4n) is 2.32. The summed E-state index contributed by atoms with van der Waals surface area (Å²) in [6.45, 7) is 3.05. The third-order valence-corrected chi connectivity index (χ3v) is 3.69. The molecule has 1 aromatic rings. The molecular formula is C15H23NO3. The van der Waals surface area contributed by atoms with Crippen LogP contribution in [0.15, 0.2) is 30.3 Å². The van der Waals surface area contributed by atoms with E-state index in [0.29, 0.717) is 25.6 Å². The molecule has 2 atom stereocenters. The van der Waals surface area contributed by atoms with E-state index in [1.807, 2.05) is 30.3 Å². The molecule has 1 aliphatic rings. The lowest BCUT2D eigenvalue weighted by Crippen LogP contribution is -2.36. The predicted octanol–water partition coefficient (Wildman–Crippen LogP) is 1.28. The van der Waals surface area contributed by atoms with Gasteiger partial charge in [0.1, 0.15) is 5.60 Å². The van der Waals surface area contributed by atoms with Crippen molar-refractivity contribution in [2.45, 2.75) is 18.4 Å². The van der Waals surface area contributed by atoms with Gasteiger partial charge in [-0.05, 0) is 12.0 Å². The predicted molar refractivity (Wildman–Crippen MR) is 73.8 cm³/mol. The second kappa shape index (κ2) is 7.01. The van der Waals surface area contributed by atoms with Crippen LogP contribution in [0.3, 0.4) is 0 Å². The number of nitrogens with two attached hydrogens (primary N) is 1. The van der Waals surface area contributed by atoms with Gasteiger partial charge in [-0.25, -0.2) is 0 Å². The zero-order valence-corrected chi connectivity index (χ0v) is 11.3. The van der Waals surface area contributed by atoms with E-state index in [0.717, 1.165) is 25.2 Å². The van der Waals surface area contributed by atoms with Crippen molar-refractivity contribution in [2.24, 2.45) is 11.7 Å². The van der Waals surface area contributed by atoms with Crippen LogP contribution in [0.25, 0.3) is 0 Å². The Kier molecular flexibility index (Phi) is 5.34. The highest BCUT2D eigenvalue weighted by Crippen LogP contribution is 2.24. The van der Waals surface area contributed by atoms with Gasteiger partial charge in [-0.15, -0.1) is 0 Å². The van der Waals surface area contributed by atoms with Gasteiger partial charge in [-0.3, -0.25) is 0 Å². The summed E-state index contributed by atoms with van der Waals surface area (Å²) in [5, 5.41) is 10.6. The molecule has 106 valence electrons. The van der Waals surface area contributed by atoms with E-state index in [2.05, 4.69) is 0 Å². The van der Waals surface area contributed by atoms with Gasteiger partial charge in [-0.2, -0.15) is 0 Å².